The molecule has 1 aromatic carbocycles. The van der Waals surface area contributed by atoms with E-state index in [0.29, 0.717) is 0 Å². The van der Waals surface area contributed by atoms with Crippen molar-refractivity contribution in [1.82, 2.24) is 0 Å². The third-order valence-electron chi connectivity index (χ3n) is 3.11. The van der Waals surface area contributed by atoms with Crippen molar-refractivity contribution in [2.24, 2.45) is 5.73 Å². The highest BCUT2D eigenvalue weighted by atomic mass is 14.8. The van der Waals surface area contributed by atoms with Crippen LogP contribution in [0, 0.1) is 6.92 Å². The number of hydrogen-bond acceptors (Lipinski definition) is 1. The summed E-state index contributed by atoms with van der Waals surface area (Å²) in [4.78, 5) is 0. The van der Waals surface area contributed by atoms with E-state index >= 15 is 0 Å². The van der Waals surface area contributed by atoms with Crippen LogP contribution in [0.1, 0.15) is 36.8 Å². The Kier molecular flexibility index (Phi) is 2.60. The van der Waals surface area contributed by atoms with E-state index in [0.717, 1.165) is 0 Å². The molecular formula is C13H19N. The van der Waals surface area contributed by atoms with E-state index in [1.165, 1.54) is 43.2 Å². The molecule has 0 bridgehead atoms. The van der Waals surface area contributed by atoms with E-state index < -0.39 is 0 Å². The number of rotatable bonds is 4. The molecule has 1 aliphatic carbocycles. The molecule has 0 aromatic heterocycles. The molecule has 1 fully saturated rings. The molecular weight excluding hydrogens is 170 g/mol. The summed E-state index contributed by atoms with van der Waals surface area (Å²) >= 11 is 0. The van der Waals surface area contributed by atoms with Crippen LogP contribution in [0.2, 0.25) is 0 Å². The number of nitrogens with two attached hydrogens (primary N) is 1. The molecule has 14 heavy (non-hydrogen) atoms. The SMILES string of the molecule is Cc1cccc(CCCC2(N)CC2)c1. The van der Waals surface area contributed by atoms with Crippen LogP contribution in [0.4, 0.5) is 0 Å². The Morgan fingerprint density at radius 1 is 1.36 bits per heavy atom. The second kappa shape index (κ2) is 3.74. The van der Waals surface area contributed by atoms with Gasteiger partial charge >= 0.3 is 0 Å². The van der Waals surface area contributed by atoms with Crippen LogP contribution in [-0.2, 0) is 6.42 Å². The smallest absolute Gasteiger partial charge is 0.0155 e. The van der Waals surface area contributed by atoms with Crippen LogP contribution in [0.15, 0.2) is 24.3 Å². The second-order valence-corrected chi connectivity index (χ2v) is 4.70. The highest BCUT2D eigenvalue weighted by Crippen LogP contribution is 2.36. The maximum Gasteiger partial charge on any atom is 0.0155 e. The van der Waals surface area contributed by atoms with Gasteiger partial charge in [-0.15, -0.1) is 0 Å². The summed E-state index contributed by atoms with van der Waals surface area (Å²) in [5.74, 6) is 0. The first-order valence-corrected chi connectivity index (χ1v) is 5.52. The molecule has 1 aliphatic rings. The lowest BCUT2D eigenvalue weighted by molar-refractivity contribution is 0.576. The van der Waals surface area contributed by atoms with Gasteiger partial charge in [0.05, 0.1) is 0 Å². The van der Waals surface area contributed by atoms with Crippen molar-refractivity contribution in [3.05, 3.63) is 35.4 Å². The minimum Gasteiger partial charge on any atom is -0.325 e. The van der Waals surface area contributed by atoms with Crippen molar-refractivity contribution in [3.63, 3.8) is 0 Å². The third-order valence-corrected chi connectivity index (χ3v) is 3.11. The second-order valence-electron chi connectivity index (χ2n) is 4.70. The van der Waals surface area contributed by atoms with Gasteiger partial charge in [0.15, 0.2) is 0 Å². The van der Waals surface area contributed by atoms with Gasteiger partial charge in [-0.1, -0.05) is 29.8 Å². The van der Waals surface area contributed by atoms with Gasteiger partial charge in [-0.05, 0) is 44.6 Å². The zero-order valence-corrected chi connectivity index (χ0v) is 8.92. The molecule has 2 N–H and O–H groups in total. The summed E-state index contributed by atoms with van der Waals surface area (Å²) in [5.41, 5.74) is 9.08. The van der Waals surface area contributed by atoms with E-state index in [1.54, 1.807) is 0 Å². The Morgan fingerprint density at radius 3 is 2.79 bits per heavy atom. The van der Waals surface area contributed by atoms with E-state index in [-0.39, 0.29) is 5.54 Å². The lowest BCUT2D eigenvalue weighted by atomic mass is 10.0. The van der Waals surface area contributed by atoms with Crippen LogP contribution in [-0.4, -0.2) is 5.54 Å². The molecule has 0 saturated heterocycles. The van der Waals surface area contributed by atoms with Crippen molar-refractivity contribution in [1.29, 1.82) is 0 Å². The lowest BCUT2D eigenvalue weighted by Gasteiger charge is -2.07. The Labute approximate surface area is 86.3 Å². The Morgan fingerprint density at radius 2 is 2.14 bits per heavy atom. The van der Waals surface area contributed by atoms with Gasteiger partial charge in [0.1, 0.15) is 0 Å². The maximum atomic E-state index is 6.04. The van der Waals surface area contributed by atoms with Crippen molar-refractivity contribution in [2.75, 3.05) is 0 Å². The standard InChI is InChI=1S/C13H19N/c1-11-4-2-5-12(10-11)6-3-7-13(14)8-9-13/h2,4-5,10H,3,6-9,14H2,1H3. The van der Waals surface area contributed by atoms with Crippen molar-refractivity contribution in [3.8, 4) is 0 Å². The molecule has 1 aromatic rings. The minimum absolute atomic E-state index is 0.226. The van der Waals surface area contributed by atoms with E-state index in [2.05, 4.69) is 31.2 Å². The monoisotopic (exact) mass is 189 g/mol. The fraction of sp³-hybridized carbons (Fsp3) is 0.538. The van der Waals surface area contributed by atoms with Gasteiger partial charge < -0.3 is 5.73 Å². The molecule has 0 radical (unpaired) electrons. The van der Waals surface area contributed by atoms with Crippen molar-refractivity contribution in [2.45, 2.75) is 44.6 Å². The first-order chi connectivity index (χ1) is 6.68. The maximum absolute atomic E-state index is 6.04. The average molecular weight is 189 g/mol. The minimum atomic E-state index is 0.226. The van der Waals surface area contributed by atoms with Crippen molar-refractivity contribution < 1.29 is 0 Å². The average Bonchev–Trinajstić information content (AvgIpc) is 2.84. The highest BCUT2D eigenvalue weighted by molar-refractivity contribution is 5.22. The summed E-state index contributed by atoms with van der Waals surface area (Å²) in [5, 5.41) is 0. The molecule has 0 spiro atoms. The van der Waals surface area contributed by atoms with Crippen LogP contribution in [0.3, 0.4) is 0 Å². The van der Waals surface area contributed by atoms with Crippen LogP contribution < -0.4 is 5.73 Å². The molecule has 0 aliphatic heterocycles. The van der Waals surface area contributed by atoms with E-state index in [4.69, 9.17) is 5.73 Å². The number of benzene rings is 1. The topological polar surface area (TPSA) is 26.0 Å². The Bertz CT molecular complexity index is 313. The molecule has 0 amide bonds. The van der Waals surface area contributed by atoms with Gasteiger partial charge in [0.25, 0.3) is 0 Å². The van der Waals surface area contributed by atoms with Gasteiger partial charge in [-0.2, -0.15) is 0 Å². The number of aryl methyl sites for hydroxylation is 2. The van der Waals surface area contributed by atoms with Crippen LogP contribution >= 0.6 is 0 Å². The summed E-state index contributed by atoms with van der Waals surface area (Å²) in [6, 6.07) is 8.77. The zero-order chi connectivity index (χ0) is 10.0. The molecule has 0 atom stereocenters. The van der Waals surface area contributed by atoms with Crippen LogP contribution in [0.5, 0.6) is 0 Å². The van der Waals surface area contributed by atoms with Crippen LogP contribution in [0.25, 0.3) is 0 Å². The highest BCUT2D eigenvalue weighted by Gasteiger charge is 2.36. The molecule has 1 nitrogen and oxygen atoms in total. The third kappa shape index (κ3) is 2.58. The van der Waals surface area contributed by atoms with E-state index in [1.807, 2.05) is 0 Å². The summed E-state index contributed by atoms with van der Waals surface area (Å²) in [6.07, 6.45) is 6.09. The quantitative estimate of drug-likeness (QED) is 0.774. The van der Waals surface area contributed by atoms with E-state index in [9.17, 15) is 0 Å². The zero-order valence-electron chi connectivity index (χ0n) is 8.92. The predicted octanol–water partition coefficient (Wildman–Crippen LogP) is 2.81. The Balaban J connectivity index is 1.80. The van der Waals surface area contributed by atoms with Gasteiger partial charge in [-0.3, -0.25) is 0 Å². The summed E-state index contributed by atoms with van der Waals surface area (Å²) < 4.78 is 0. The normalized spacial score (nSPS) is 18.1. The number of hydrogen-bond donors (Lipinski definition) is 1. The summed E-state index contributed by atoms with van der Waals surface area (Å²) in [6.45, 7) is 2.15. The molecule has 2 rings (SSSR count). The fourth-order valence-electron chi connectivity index (χ4n) is 1.92. The first-order valence-electron chi connectivity index (χ1n) is 5.52. The first kappa shape index (κ1) is 9.72. The molecule has 0 heterocycles. The van der Waals surface area contributed by atoms with Crippen molar-refractivity contribution >= 4 is 0 Å². The largest absolute Gasteiger partial charge is 0.325 e. The summed E-state index contributed by atoms with van der Waals surface area (Å²) in [7, 11) is 0. The van der Waals surface area contributed by atoms with Gasteiger partial charge in [-0.25, -0.2) is 0 Å². The van der Waals surface area contributed by atoms with Gasteiger partial charge in [0.2, 0.25) is 0 Å². The Hall–Kier alpha value is -0.820. The molecule has 1 heteroatoms. The molecule has 1 saturated carbocycles. The van der Waals surface area contributed by atoms with Gasteiger partial charge in [0, 0.05) is 5.54 Å². The lowest BCUT2D eigenvalue weighted by Crippen LogP contribution is -2.21. The predicted molar refractivity (Wildman–Crippen MR) is 60.3 cm³/mol. The fourth-order valence-corrected chi connectivity index (χ4v) is 1.92. The molecule has 0 unspecified atom stereocenters. The molecule has 76 valence electrons.